The molecule has 0 fully saturated rings. The molecule has 0 aliphatic heterocycles. The Hall–Kier alpha value is -4.42. The van der Waals surface area contributed by atoms with E-state index in [1.54, 1.807) is 48.7 Å². The molecule has 8 nitrogen and oxygen atoms in total. The van der Waals surface area contributed by atoms with Gasteiger partial charge in [-0.3, -0.25) is 4.79 Å². The number of carbonyl (C=O) groups excluding carboxylic acids is 1. The molecule has 0 radical (unpaired) electrons. The van der Waals surface area contributed by atoms with Crippen molar-refractivity contribution in [3.05, 3.63) is 112 Å². The van der Waals surface area contributed by atoms with Gasteiger partial charge in [-0.15, -0.1) is 10.2 Å². The second kappa shape index (κ2) is 11.3. The smallest absolute Gasteiger partial charge is 0.290 e. The van der Waals surface area contributed by atoms with E-state index >= 15 is 0 Å². The molecular weight excluding hydrogens is 546 g/mol. The number of furan rings is 1. The van der Waals surface area contributed by atoms with Gasteiger partial charge in [0.25, 0.3) is 5.91 Å². The van der Waals surface area contributed by atoms with Crippen molar-refractivity contribution >= 4 is 32.8 Å². The highest BCUT2D eigenvalue weighted by Crippen LogP contribution is 2.25. The Balaban J connectivity index is 1.40. The van der Waals surface area contributed by atoms with Crippen LogP contribution >= 0.6 is 15.9 Å². The highest BCUT2D eigenvalue weighted by Gasteiger charge is 2.22. The number of rotatable bonds is 9. The van der Waals surface area contributed by atoms with Crippen LogP contribution in [0, 0.1) is 11.3 Å². The summed E-state index contributed by atoms with van der Waals surface area (Å²) in [6, 6.07) is 24.7. The fourth-order valence-electron chi connectivity index (χ4n) is 4.16. The van der Waals surface area contributed by atoms with Crippen molar-refractivity contribution in [1.82, 2.24) is 19.7 Å². The second-order valence-electron chi connectivity index (χ2n) is 8.80. The lowest BCUT2D eigenvalue weighted by atomic mass is 10.1. The number of amides is 1. The first kappa shape index (κ1) is 25.2. The standard InChI is InChI=1S/C29H24BrN5O3/c1-37-25-10-11-26-23(14-25)15-27(38-26)29(36)34(13-12-20-6-8-24(30)9-7-20)18-28-33-32-19-35(28)17-22-4-2-21(16-31)3-5-22/h2-11,14-15,19H,12-13,17-18H2,1H3. The minimum absolute atomic E-state index is 0.231. The molecule has 3 aromatic carbocycles. The number of carbonyl (C=O) groups is 1. The van der Waals surface area contributed by atoms with Crippen LogP contribution in [-0.2, 0) is 19.5 Å². The molecule has 0 bridgehead atoms. The van der Waals surface area contributed by atoms with Crippen molar-refractivity contribution < 1.29 is 13.9 Å². The number of fused-ring (bicyclic) bond motifs is 1. The number of nitrogens with zero attached hydrogens (tertiary/aromatic N) is 5. The molecule has 38 heavy (non-hydrogen) atoms. The molecule has 0 atom stereocenters. The molecule has 2 heterocycles. The van der Waals surface area contributed by atoms with E-state index in [1.165, 1.54) is 0 Å². The minimum atomic E-state index is -0.231. The summed E-state index contributed by atoms with van der Waals surface area (Å²) in [7, 11) is 1.60. The average molecular weight is 570 g/mol. The van der Waals surface area contributed by atoms with E-state index in [4.69, 9.17) is 14.4 Å². The number of hydrogen-bond donors (Lipinski definition) is 0. The van der Waals surface area contributed by atoms with Crippen LogP contribution in [0.4, 0.5) is 0 Å². The van der Waals surface area contributed by atoms with Gasteiger partial charge in [-0.1, -0.05) is 40.2 Å². The van der Waals surface area contributed by atoms with Crippen molar-refractivity contribution in [1.29, 1.82) is 5.26 Å². The van der Waals surface area contributed by atoms with Crippen molar-refractivity contribution in [2.75, 3.05) is 13.7 Å². The predicted octanol–water partition coefficient (Wildman–Crippen LogP) is 5.60. The third-order valence-corrected chi connectivity index (χ3v) is 6.80. The Labute approximate surface area is 228 Å². The van der Waals surface area contributed by atoms with Gasteiger partial charge in [0.05, 0.1) is 31.8 Å². The summed E-state index contributed by atoms with van der Waals surface area (Å²) < 4.78 is 14.1. The predicted molar refractivity (Wildman–Crippen MR) is 146 cm³/mol. The van der Waals surface area contributed by atoms with Crippen molar-refractivity contribution in [2.24, 2.45) is 0 Å². The lowest BCUT2D eigenvalue weighted by molar-refractivity contribution is 0.0709. The summed E-state index contributed by atoms with van der Waals surface area (Å²) in [6.07, 6.45) is 2.31. The number of ether oxygens (including phenoxy) is 1. The number of aromatic nitrogens is 3. The van der Waals surface area contributed by atoms with Crippen LogP contribution in [-0.4, -0.2) is 39.2 Å². The Morgan fingerprint density at radius 1 is 1.08 bits per heavy atom. The topological polar surface area (TPSA) is 97.2 Å². The van der Waals surface area contributed by atoms with Gasteiger partial charge in [-0.25, -0.2) is 0 Å². The number of benzene rings is 3. The lowest BCUT2D eigenvalue weighted by Gasteiger charge is -2.22. The zero-order valence-corrected chi connectivity index (χ0v) is 22.3. The Morgan fingerprint density at radius 3 is 2.58 bits per heavy atom. The van der Waals surface area contributed by atoms with E-state index in [9.17, 15) is 4.79 Å². The maximum Gasteiger partial charge on any atom is 0.290 e. The molecule has 5 aromatic rings. The van der Waals surface area contributed by atoms with Gasteiger partial charge in [0.2, 0.25) is 0 Å². The summed E-state index contributed by atoms with van der Waals surface area (Å²) in [5, 5.41) is 18.3. The molecule has 0 saturated carbocycles. The quantitative estimate of drug-likeness (QED) is 0.229. The Morgan fingerprint density at radius 2 is 1.84 bits per heavy atom. The van der Waals surface area contributed by atoms with Crippen LogP contribution in [0.3, 0.4) is 0 Å². The third kappa shape index (κ3) is 5.76. The van der Waals surface area contributed by atoms with Gasteiger partial charge in [0.1, 0.15) is 17.7 Å². The van der Waals surface area contributed by atoms with Crippen LogP contribution in [0.15, 0.2) is 88.0 Å². The zero-order valence-electron chi connectivity index (χ0n) is 20.7. The number of hydrogen-bond acceptors (Lipinski definition) is 6. The maximum atomic E-state index is 13.7. The van der Waals surface area contributed by atoms with E-state index in [0.717, 1.165) is 21.0 Å². The van der Waals surface area contributed by atoms with Crippen molar-refractivity contribution in [3.63, 3.8) is 0 Å². The summed E-state index contributed by atoms with van der Waals surface area (Å²) in [4.78, 5) is 15.4. The number of methoxy groups -OCH3 is 1. The van der Waals surface area contributed by atoms with Crippen molar-refractivity contribution in [2.45, 2.75) is 19.5 Å². The van der Waals surface area contributed by atoms with Crippen LogP contribution in [0.2, 0.25) is 0 Å². The molecule has 5 rings (SSSR count). The maximum absolute atomic E-state index is 13.7. The van der Waals surface area contributed by atoms with Crippen LogP contribution in [0.5, 0.6) is 5.75 Å². The van der Waals surface area contributed by atoms with Crippen LogP contribution in [0.25, 0.3) is 11.0 Å². The lowest BCUT2D eigenvalue weighted by Crippen LogP contribution is -2.33. The molecular formula is C29H24BrN5O3. The molecule has 1 amide bonds. The molecule has 9 heteroatoms. The fourth-order valence-corrected chi connectivity index (χ4v) is 4.43. The molecule has 190 valence electrons. The highest BCUT2D eigenvalue weighted by molar-refractivity contribution is 9.10. The van der Waals surface area contributed by atoms with E-state index in [2.05, 4.69) is 32.2 Å². The molecule has 0 saturated heterocycles. The fraction of sp³-hybridized carbons (Fsp3) is 0.172. The summed E-state index contributed by atoms with van der Waals surface area (Å²) in [5.41, 5.74) is 3.33. The third-order valence-electron chi connectivity index (χ3n) is 6.27. The molecule has 0 unspecified atom stereocenters. The molecule has 0 N–H and O–H groups in total. The van der Waals surface area contributed by atoms with Gasteiger partial charge in [0, 0.05) is 16.4 Å². The summed E-state index contributed by atoms with van der Waals surface area (Å²) in [6.45, 7) is 1.24. The highest BCUT2D eigenvalue weighted by atomic mass is 79.9. The first-order chi connectivity index (χ1) is 18.5. The molecule has 2 aromatic heterocycles. The van der Waals surface area contributed by atoms with Gasteiger partial charge < -0.3 is 18.6 Å². The van der Waals surface area contributed by atoms with Crippen LogP contribution < -0.4 is 4.74 Å². The first-order valence-corrected chi connectivity index (χ1v) is 12.8. The largest absolute Gasteiger partial charge is 0.497 e. The number of nitriles is 1. The summed E-state index contributed by atoms with van der Waals surface area (Å²) >= 11 is 3.47. The van der Waals surface area contributed by atoms with E-state index in [0.29, 0.717) is 42.2 Å². The Bertz CT molecular complexity index is 1600. The van der Waals surface area contributed by atoms with E-state index < -0.39 is 0 Å². The second-order valence-corrected chi connectivity index (χ2v) is 9.72. The van der Waals surface area contributed by atoms with E-state index in [-0.39, 0.29) is 18.2 Å². The Kier molecular flexibility index (Phi) is 7.52. The van der Waals surface area contributed by atoms with Gasteiger partial charge in [0.15, 0.2) is 11.6 Å². The average Bonchev–Trinajstić information content (AvgIpc) is 3.58. The minimum Gasteiger partial charge on any atom is -0.497 e. The van der Waals surface area contributed by atoms with Gasteiger partial charge in [-0.2, -0.15) is 5.26 Å². The SMILES string of the molecule is COc1ccc2oc(C(=O)N(CCc3ccc(Br)cc3)Cc3nncn3Cc3ccc(C#N)cc3)cc2c1. The monoisotopic (exact) mass is 569 g/mol. The van der Waals surface area contributed by atoms with Gasteiger partial charge in [-0.05, 0) is 66.1 Å². The number of halogens is 1. The van der Waals surface area contributed by atoms with Gasteiger partial charge >= 0.3 is 0 Å². The normalized spacial score (nSPS) is 10.9. The van der Waals surface area contributed by atoms with E-state index in [1.807, 2.05) is 47.0 Å². The first-order valence-electron chi connectivity index (χ1n) is 12.0. The molecule has 0 aliphatic carbocycles. The summed E-state index contributed by atoms with van der Waals surface area (Å²) in [5.74, 6) is 1.36. The zero-order chi connectivity index (χ0) is 26.5. The molecule has 0 aliphatic rings. The van der Waals surface area contributed by atoms with Crippen LogP contribution in [0.1, 0.15) is 33.1 Å². The molecule has 0 spiro atoms. The van der Waals surface area contributed by atoms with Crippen molar-refractivity contribution in [3.8, 4) is 11.8 Å².